The molecule has 0 radical (unpaired) electrons. The van der Waals surface area contributed by atoms with Crippen molar-refractivity contribution in [1.29, 1.82) is 0 Å². The summed E-state index contributed by atoms with van der Waals surface area (Å²) in [6.45, 7) is 7.88. The minimum Gasteiger partial charge on any atom is -0.230 e. The van der Waals surface area contributed by atoms with E-state index in [0.29, 0.717) is 11.0 Å². The predicted octanol–water partition coefficient (Wildman–Crippen LogP) is 4.83. The molecule has 0 aliphatic carbocycles. The van der Waals surface area contributed by atoms with E-state index < -0.39 is 0 Å². The molecule has 0 bridgehead atoms. The molecule has 1 aromatic carbocycles. The summed E-state index contributed by atoms with van der Waals surface area (Å²) in [5.74, 6) is 0.249. The third-order valence-corrected chi connectivity index (χ3v) is 3.31. The van der Waals surface area contributed by atoms with E-state index in [2.05, 4.69) is 10.1 Å². The lowest BCUT2D eigenvalue weighted by molar-refractivity contribution is 0.628. The fourth-order valence-electron chi connectivity index (χ4n) is 2.17. The van der Waals surface area contributed by atoms with Gasteiger partial charge in [-0.2, -0.15) is 0 Å². The topological polar surface area (TPSA) is 30.2 Å². The van der Waals surface area contributed by atoms with Gasteiger partial charge in [0.15, 0.2) is 5.82 Å². The van der Waals surface area contributed by atoms with Gasteiger partial charge in [0.1, 0.15) is 11.0 Å². The smallest absolute Gasteiger partial charge is 0.180 e. The van der Waals surface area contributed by atoms with Gasteiger partial charge in [-0.1, -0.05) is 25.4 Å². The van der Waals surface area contributed by atoms with Gasteiger partial charge in [0.05, 0.1) is 11.2 Å². The van der Waals surface area contributed by atoms with Crippen molar-refractivity contribution >= 4 is 17.1 Å². The molecule has 0 fully saturated rings. The Labute approximate surface area is 128 Å². The van der Waals surface area contributed by atoms with Crippen LogP contribution in [0.4, 0.5) is 4.39 Å². The van der Waals surface area contributed by atoms with E-state index >= 15 is 0 Å². The molecule has 2 aromatic heterocycles. The molecule has 3 rings (SSSR count). The average Bonchev–Trinajstić information content (AvgIpc) is 2.77. The fraction of sp³-hybridized carbons (Fsp3) is 0.250. The SMILES string of the molecule is CC.Cc1cc(Cl)n2nc(-c3ccc(F)cc3)nc(C)c12. The first-order valence-corrected chi connectivity index (χ1v) is 7.22. The second-order valence-electron chi connectivity index (χ2n) is 4.44. The normalized spacial score (nSPS) is 10.4. The first-order valence-electron chi connectivity index (χ1n) is 6.84. The fourth-order valence-corrected chi connectivity index (χ4v) is 2.45. The summed E-state index contributed by atoms with van der Waals surface area (Å²) in [5.41, 5.74) is 3.55. The number of rotatable bonds is 1. The van der Waals surface area contributed by atoms with Crippen molar-refractivity contribution in [3.05, 3.63) is 52.6 Å². The molecule has 0 N–H and O–H groups in total. The van der Waals surface area contributed by atoms with Gasteiger partial charge in [0, 0.05) is 5.56 Å². The van der Waals surface area contributed by atoms with Crippen LogP contribution in [0.1, 0.15) is 25.1 Å². The van der Waals surface area contributed by atoms with Crippen LogP contribution >= 0.6 is 11.6 Å². The Morgan fingerprint density at radius 3 is 2.33 bits per heavy atom. The summed E-state index contributed by atoms with van der Waals surface area (Å²) >= 11 is 6.15. The molecule has 0 unspecified atom stereocenters. The number of halogens is 2. The minimum absolute atomic E-state index is 0.281. The van der Waals surface area contributed by atoms with Crippen molar-refractivity contribution in [2.75, 3.05) is 0 Å². The highest BCUT2D eigenvalue weighted by molar-refractivity contribution is 6.30. The second-order valence-corrected chi connectivity index (χ2v) is 4.83. The first-order chi connectivity index (χ1) is 10.1. The summed E-state index contributed by atoms with van der Waals surface area (Å²) in [5, 5.41) is 4.95. The summed E-state index contributed by atoms with van der Waals surface area (Å²) in [6.07, 6.45) is 0. The van der Waals surface area contributed by atoms with Crippen LogP contribution in [0.5, 0.6) is 0 Å². The molecule has 110 valence electrons. The maximum absolute atomic E-state index is 12.9. The first kappa shape index (κ1) is 15.4. The Kier molecular flexibility index (Phi) is 4.58. The van der Waals surface area contributed by atoms with E-state index in [1.807, 2.05) is 33.8 Å². The number of nitrogens with zero attached hydrogens (tertiary/aromatic N) is 3. The highest BCUT2D eigenvalue weighted by Crippen LogP contribution is 2.24. The maximum Gasteiger partial charge on any atom is 0.180 e. The van der Waals surface area contributed by atoms with Crippen molar-refractivity contribution in [1.82, 2.24) is 14.6 Å². The van der Waals surface area contributed by atoms with Gasteiger partial charge >= 0.3 is 0 Å². The number of hydrogen-bond acceptors (Lipinski definition) is 2. The number of hydrogen-bond donors (Lipinski definition) is 0. The molecule has 21 heavy (non-hydrogen) atoms. The highest BCUT2D eigenvalue weighted by Gasteiger charge is 2.12. The third kappa shape index (κ3) is 2.90. The molecule has 5 heteroatoms. The van der Waals surface area contributed by atoms with Crippen LogP contribution in [-0.2, 0) is 0 Å². The molecule has 0 aliphatic heterocycles. The van der Waals surface area contributed by atoms with Crippen LogP contribution in [0.25, 0.3) is 16.9 Å². The highest BCUT2D eigenvalue weighted by atomic mass is 35.5. The lowest BCUT2D eigenvalue weighted by atomic mass is 10.2. The monoisotopic (exact) mass is 305 g/mol. The summed E-state index contributed by atoms with van der Waals surface area (Å²) in [7, 11) is 0. The van der Waals surface area contributed by atoms with E-state index in [1.54, 1.807) is 16.6 Å². The van der Waals surface area contributed by atoms with E-state index in [9.17, 15) is 4.39 Å². The van der Waals surface area contributed by atoms with Crippen molar-refractivity contribution < 1.29 is 4.39 Å². The molecule has 0 aliphatic rings. The van der Waals surface area contributed by atoms with E-state index in [0.717, 1.165) is 22.3 Å². The molecule has 0 saturated heterocycles. The molecule has 2 heterocycles. The van der Waals surface area contributed by atoms with Crippen molar-refractivity contribution in [3.8, 4) is 11.4 Å². The Hall–Kier alpha value is -1.94. The van der Waals surface area contributed by atoms with Crippen LogP contribution in [0, 0.1) is 19.7 Å². The average molecular weight is 306 g/mol. The molecule has 3 aromatic rings. The largest absolute Gasteiger partial charge is 0.230 e. The molecule has 0 atom stereocenters. The van der Waals surface area contributed by atoms with Crippen LogP contribution in [0.2, 0.25) is 5.15 Å². The van der Waals surface area contributed by atoms with Crippen LogP contribution < -0.4 is 0 Å². The summed E-state index contributed by atoms with van der Waals surface area (Å²) in [6, 6.07) is 7.94. The van der Waals surface area contributed by atoms with E-state index in [4.69, 9.17) is 11.6 Å². The van der Waals surface area contributed by atoms with Crippen molar-refractivity contribution in [3.63, 3.8) is 0 Å². The standard InChI is InChI=1S/C14H11ClFN3.C2H6/c1-8-7-12(15)19-13(8)9(2)17-14(18-19)10-3-5-11(16)6-4-10;1-2/h3-7H,1-2H3;1-2H3. The molecule has 0 amide bonds. The van der Waals surface area contributed by atoms with Crippen molar-refractivity contribution in [2.45, 2.75) is 27.7 Å². The lowest BCUT2D eigenvalue weighted by Gasteiger charge is -2.05. The quantitative estimate of drug-likeness (QED) is 0.644. The van der Waals surface area contributed by atoms with Crippen LogP contribution in [-0.4, -0.2) is 14.6 Å². The maximum atomic E-state index is 12.9. The Bertz CT molecular complexity index is 763. The number of fused-ring (bicyclic) bond motifs is 1. The zero-order valence-corrected chi connectivity index (χ0v) is 13.2. The van der Waals surface area contributed by atoms with Gasteiger partial charge in [-0.05, 0) is 49.7 Å². The van der Waals surface area contributed by atoms with Crippen LogP contribution in [0.15, 0.2) is 30.3 Å². The second kappa shape index (κ2) is 6.22. The molecular formula is C16H17ClFN3. The van der Waals surface area contributed by atoms with Crippen LogP contribution in [0.3, 0.4) is 0 Å². The third-order valence-electron chi connectivity index (χ3n) is 3.04. The van der Waals surface area contributed by atoms with Crippen molar-refractivity contribution in [2.24, 2.45) is 0 Å². The van der Waals surface area contributed by atoms with Gasteiger partial charge in [-0.25, -0.2) is 13.9 Å². The lowest BCUT2D eigenvalue weighted by Crippen LogP contribution is -2.01. The van der Waals surface area contributed by atoms with E-state index in [1.165, 1.54) is 12.1 Å². The van der Waals surface area contributed by atoms with Gasteiger partial charge in [0.2, 0.25) is 0 Å². The molecule has 0 spiro atoms. The van der Waals surface area contributed by atoms with Gasteiger partial charge < -0.3 is 0 Å². The zero-order valence-electron chi connectivity index (χ0n) is 12.5. The number of aryl methyl sites for hydroxylation is 2. The summed E-state index contributed by atoms with van der Waals surface area (Å²) in [4.78, 5) is 4.46. The Morgan fingerprint density at radius 1 is 1.10 bits per heavy atom. The Balaban J connectivity index is 0.000000774. The molecule has 0 saturated carbocycles. The summed E-state index contributed by atoms with van der Waals surface area (Å²) < 4.78 is 14.6. The van der Waals surface area contributed by atoms with Gasteiger partial charge in [0.25, 0.3) is 0 Å². The molecular weight excluding hydrogens is 289 g/mol. The van der Waals surface area contributed by atoms with Gasteiger partial charge in [-0.3, -0.25) is 0 Å². The number of benzene rings is 1. The predicted molar refractivity (Wildman–Crippen MR) is 84.2 cm³/mol. The Morgan fingerprint density at radius 2 is 1.71 bits per heavy atom. The molecule has 3 nitrogen and oxygen atoms in total. The minimum atomic E-state index is -0.281. The van der Waals surface area contributed by atoms with Gasteiger partial charge in [-0.15, -0.1) is 5.10 Å². The van der Waals surface area contributed by atoms with E-state index in [-0.39, 0.29) is 5.82 Å². The number of aromatic nitrogens is 3. The zero-order chi connectivity index (χ0) is 15.6.